The van der Waals surface area contributed by atoms with Crippen LogP contribution in [0.25, 0.3) is 0 Å². The Labute approximate surface area is 171 Å². The molecule has 1 aliphatic carbocycles. The van der Waals surface area contributed by atoms with E-state index in [1.807, 2.05) is 0 Å². The zero-order valence-corrected chi connectivity index (χ0v) is 16.9. The van der Waals surface area contributed by atoms with Gasteiger partial charge < -0.3 is 10.2 Å². The fourth-order valence-electron chi connectivity index (χ4n) is 4.21. The van der Waals surface area contributed by atoms with Crippen LogP contribution in [0.1, 0.15) is 54.4 Å². The molecule has 0 bridgehead atoms. The zero-order chi connectivity index (χ0) is 19.7. The average Bonchev–Trinajstić information content (AvgIpc) is 3.24. The summed E-state index contributed by atoms with van der Waals surface area (Å²) in [5, 5.41) is 3.19. The number of benzene rings is 1. The van der Waals surface area contributed by atoms with Crippen molar-refractivity contribution in [3.05, 3.63) is 45.7 Å². The van der Waals surface area contributed by atoms with E-state index in [2.05, 4.69) is 10.3 Å². The molecular weight excluding hydrogens is 401 g/mol. The Bertz CT molecular complexity index is 897. The third-order valence-electron chi connectivity index (χ3n) is 5.58. The molecule has 2 heterocycles. The standard InChI is InChI=1S/C20H21ClFN3O2S/c21-16-10-23-20(28-16)24-18(26)15(9-12-5-2-1-3-6-12)25-11-13-7-4-8-14(22)17(13)19(25)27/h4,7-8,10,12,15H,1-3,5-6,9,11H2,(H,23,24,26). The summed E-state index contributed by atoms with van der Waals surface area (Å²) < 4.78 is 14.7. The van der Waals surface area contributed by atoms with Crippen LogP contribution in [0.3, 0.4) is 0 Å². The van der Waals surface area contributed by atoms with Gasteiger partial charge in [0.1, 0.15) is 16.2 Å². The van der Waals surface area contributed by atoms with Gasteiger partial charge in [0.25, 0.3) is 5.91 Å². The minimum atomic E-state index is -0.662. The minimum Gasteiger partial charge on any atom is -0.322 e. The Morgan fingerprint density at radius 2 is 2.14 bits per heavy atom. The van der Waals surface area contributed by atoms with E-state index in [0.717, 1.165) is 25.7 Å². The number of hydrogen-bond donors (Lipinski definition) is 1. The molecule has 1 fully saturated rings. The number of carbonyl (C=O) groups excluding carboxylic acids is 2. The Balaban J connectivity index is 1.58. The third-order valence-corrected chi connectivity index (χ3v) is 6.61. The molecule has 1 N–H and O–H groups in total. The number of amides is 2. The first-order chi connectivity index (χ1) is 13.5. The topological polar surface area (TPSA) is 62.3 Å². The summed E-state index contributed by atoms with van der Waals surface area (Å²) >= 11 is 7.08. The Hall–Kier alpha value is -1.99. The number of rotatable bonds is 5. The molecule has 2 aliphatic rings. The van der Waals surface area contributed by atoms with Gasteiger partial charge in [0.2, 0.25) is 5.91 Å². The summed E-state index contributed by atoms with van der Waals surface area (Å²) in [5.74, 6) is -0.862. The molecule has 1 atom stereocenters. The second-order valence-corrected chi connectivity index (χ2v) is 9.08. The van der Waals surface area contributed by atoms with Gasteiger partial charge >= 0.3 is 0 Å². The van der Waals surface area contributed by atoms with Crippen molar-refractivity contribution in [1.82, 2.24) is 9.88 Å². The quantitative estimate of drug-likeness (QED) is 0.749. The second kappa shape index (κ2) is 8.17. The molecule has 5 nitrogen and oxygen atoms in total. The molecule has 0 saturated heterocycles. The highest BCUT2D eigenvalue weighted by molar-refractivity contribution is 7.19. The van der Waals surface area contributed by atoms with Gasteiger partial charge in [0.05, 0.1) is 11.8 Å². The molecule has 0 radical (unpaired) electrons. The Morgan fingerprint density at radius 3 is 2.82 bits per heavy atom. The average molecular weight is 422 g/mol. The summed E-state index contributed by atoms with van der Waals surface area (Å²) in [4.78, 5) is 31.6. The monoisotopic (exact) mass is 421 g/mol. The van der Waals surface area contributed by atoms with Crippen LogP contribution in [0.2, 0.25) is 4.34 Å². The third kappa shape index (κ3) is 3.91. The molecule has 1 aliphatic heterocycles. The number of carbonyl (C=O) groups is 2. The fraction of sp³-hybridized carbons (Fsp3) is 0.450. The molecule has 2 amide bonds. The number of halogens is 2. The van der Waals surface area contributed by atoms with E-state index in [1.165, 1.54) is 34.9 Å². The first kappa shape index (κ1) is 19.3. The van der Waals surface area contributed by atoms with Crippen molar-refractivity contribution in [2.24, 2.45) is 5.92 Å². The number of anilines is 1. The van der Waals surface area contributed by atoms with Crippen LogP contribution in [-0.4, -0.2) is 27.7 Å². The number of thiazole rings is 1. The number of aromatic nitrogens is 1. The maximum Gasteiger partial charge on any atom is 0.258 e. The summed E-state index contributed by atoms with van der Waals surface area (Å²) in [6.45, 7) is 0.245. The van der Waals surface area contributed by atoms with Crippen LogP contribution < -0.4 is 5.32 Å². The summed E-state index contributed by atoms with van der Waals surface area (Å²) in [6.07, 6.45) is 7.65. The van der Waals surface area contributed by atoms with E-state index in [1.54, 1.807) is 12.1 Å². The Morgan fingerprint density at radius 1 is 1.36 bits per heavy atom. The first-order valence-electron chi connectivity index (χ1n) is 9.53. The van der Waals surface area contributed by atoms with E-state index >= 15 is 0 Å². The van der Waals surface area contributed by atoms with E-state index in [9.17, 15) is 14.0 Å². The lowest BCUT2D eigenvalue weighted by Gasteiger charge is -2.31. The molecule has 1 aromatic heterocycles. The van der Waals surface area contributed by atoms with E-state index < -0.39 is 17.8 Å². The fourth-order valence-corrected chi connectivity index (χ4v) is 5.02. The molecule has 8 heteroatoms. The van der Waals surface area contributed by atoms with Gasteiger partial charge in [-0.2, -0.15) is 0 Å². The molecule has 1 unspecified atom stereocenters. The van der Waals surface area contributed by atoms with Crippen LogP contribution in [0.15, 0.2) is 24.4 Å². The van der Waals surface area contributed by atoms with Crippen molar-refractivity contribution in [2.75, 3.05) is 5.32 Å². The van der Waals surface area contributed by atoms with Crippen LogP contribution in [0.5, 0.6) is 0 Å². The smallest absolute Gasteiger partial charge is 0.258 e. The molecule has 1 aromatic carbocycles. The van der Waals surface area contributed by atoms with Crippen molar-refractivity contribution < 1.29 is 14.0 Å². The van der Waals surface area contributed by atoms with Crippen molar-refractivity contribution >= 4 is 39.9 Å². The summed E-state index contributed by atoms with van der Waals surface area (Å²) in [7, 11) is 0. The minimum absolute atomic E-state index is 0.0845. The van der Waals surface area contributed by atoms with Gasteiger partial charge in [-0.15, -0.1) is 0 Å². The van der Waals surface area contributed by atoms with E-state index in [4.69, 9.17) is 11.6 Å². The molecule has 148 valence electrons. The normalized spacial score (nSPS) is 18.2. The number of nitrogens with zero attached hydrogens (tertiary/aromatic N) is 2. The van der Waals surface area contributed by atoms with Crippen molar-refractivity contribution in [3.63, 3.8) is 0 Å². The highest BCUT2D eigenvalue weighted by Crippen LogP contribution is 2.33. The largest absolute Gasteiger partial charge is 0.322 e. The van der Waals surface area contributed by atoms with Gasteiger partial charge in [0, 0.05) is 6.54 Å². The van der Waals surface area contributed by atoms with E-state index in [-0.39, 0.29) is 18.0 Å². The van der Waals surface area contributed by atoms with Crippen molar-refractivity contribution in [1.29, 1.82) is 0 Å². The summed E-state index contributed by atoms with van der Waals surface area (Å²) in [6, 6.07) is 3.96. The zero-order valence-electron chi connectivity index (χ0n) is 15.3. The van der Waals surface area contributed by atoms with Gasteiger partial charge in [-0.3, -0.25) is 9.59 Å². The first-order valence-corrected chi connectivity index (χ1v) is 10.7. The van der Waals surface area contributed by atoms with Crippen LogP contribution in [0, 0.1) is 11.7 Å². The van der Waals surface area contributed by atoms with Crippen LogP contribution in [-0.2, 0) is 11.3 Å². The van der Waals surface area contributed by atoms with Crippen LogP contribution >= 0.6 is 22.9 Å². The highest BCUT2D eigenvalue weighted by atomic mass is 35.5. The van der Waals surface area contributed by atoms with Gasteiger partial charge in [0.15, 0.2) is 5.13 Å². The van der Waals surface area contributed by atoms with Gasteiger partial charge in [-0.1, -0.05) is 67.2 Å². The van der Waals surface area contributed by atoms with Crippen molar-refractivity contribution in [2.45, 2.75) is 51.1 Å². The molecule has 0 spiro atoms. The summed E-state index contributed by atoms with van der Waals surface area (Å²) in [5.41, 5.74) is 0.713. The predicted molar refractivity (Wildman–Crippen MR) is 107 cm³/mol. The lowest BCUT2D eigenvalue weighted by Crippen LogP contribution is -2.45. The SMILES string of the molecule is O=C(Nc1ncc(Cl)s1)C(CC1CCCCC1)N1Cc2cccc(F)c2C1=O. The van der Waals surface area contributed by atoms with Gasteiger partial charge in [-0.05, 0) is 24.0 Å². The van der Waals surface area contributed by atoms with E-state index in [0.29, 0.717) is 27.4 Å². The lowest BCUT2D eigenvalue weighted by atomic mass is 9.84. The Kier molecular flexibility index (Phi) is 5.64. The van der Waals surface area contributed by atoms with Gasteiger partial charge in [-0.25, -0.2) is 9.37 Å². The molecular formula is C20H21ClFN3O2S. The lowest BCUT2D eigenvalue weighted by molar-refractivity contribution is -0.121. The molecule has 4 rings (SSSR count). The predicted octanol–water partition coefficient (Wildman–Crippen LogP) is 4.87. The molecule has 1 saturated carbocycles. The highest BCUT2D eigenvalue weighted by Gasteiger charge is 2.39. The second-order valence-electron chi connectivity index (χ2n) is 7.42. The molecule has 28 heavy (non-hydrogen) atoms. The maximum absolute atomic E-state index is 14.2. The number of hydrogen-bond acceptors (Lipinski definition) is 4. The van der Waals surface area contributed by atoms with Crippen molar-refractivity contribution in [3.8, 4) is 0 Å². The number of fused-ring (bicyclic) bond motifs is 1. The maximum atomic E-state index is 14.2. The number of nitrogens with one attached hydrogen (secondary N) is 1. The van der Waals surface area contributed by atoms with Crippen LogP contribution in [0.4, 0.5) is 9.52 Å². The molecule has 2 aromatic rings.